The van der Waals surface area contributed by atoms with E-state index in [0.717, 1.165) is 25.8 Å². The molecule has 0 amide bonds. The molecule has 1 aromatic carbocycles. The van der Waals surface area contributed by atoms with Gasteiger partial charge >= 0.3 is 0 Å². The van der Waals surface area contributed by atoms with Crippen molar-refractivity contribution >= 4 is 11.4 Å². The van der Waals surface area contributed by atoms with E-state index in [1.165, 1.54) is 6.07 Å². The molecule has 1 saturated heterocycles. The minimum Gasteiger partial charge on any atom is -0.366 e. The van der Waals surface area contributed by atoms with Gasteiger partial charge in [-0.05, 0) is 44.4 Å². The highest BCUT2D eigenvalue weighted by atomic mass is 19.1. The molecule has 2 rings (SSSR count). The van der Waals surface area contributed by atoms with Gasteiger partial charge in [-0.3, -0.25) is 0 Å². The first kappa shape index (κ1) is 16.3. The van der Waals surface area contributed by atoms with Crippen LogP contribution < -0.4 is 10.2 Å². The van der Waals surface area contributed by atoms with Crippen LogP contribution in [-0.4, -0.2) is 12.6 Å². The average Bonchev–Trinajstić information content (AvgIpc) is 2.56. The summed E-state index contributed by atoms with van der Waals surface area (Å²) in [5.41, 5.74) is 0.344. The molecule has 0 saturated carbocycles. The van der Waals surface area contributed by atoms with Gasteiger partial charge in [-0.2, -0.15) is 15.8 Å². The number of allylic oxidation sites excluding steroid dienone is 2. The number of piperidine rings is 1. The number of hydrogen-bond donors (Lipinski definition) is 1. The number of anilines is 2. The monoisotopic (exact) mass is 309 g/mol. The number of benzene rings is 1. The second kappa shape index (κ2) is 7.29. The minimum atomic E-state index is -0.392. The third kappa shape index (κ3) is 3.59. The second-order valence-electron chi connectivity index (χ2n) is 5.41. The standard InChI is InChI=1S/C17H16FN5/c1-12-4-2-3-7-23(12)17-6-5-14(8-15(17)18)22-16(11-21)13(9-19)10-20/h5-6,8,12,22H,2-4,7H2,1H3. The third-order valence-corrected chi connectivity index (χ3v) is 3.91. The Morgan fingerprint density at radius 1 is 1.22 bits per heavy atom. The first-order valence-electron chi connectivity index (χ1n) is 7.38. The van der Waals surface area contributed by atoms with Crippen LogP contribution in [0.3, 0.4) is 0 Å². The lowest BCUT2D eigenvalue weighted by molar-refractivity contribution is 0.476. The van der Waals surface area contributed by atoms with E-state index in [1.807, 2.05) is 4.90 Å². The molecule has 1 unspecified atom stereocenters. The summed E-state index contributed by atoms with van der Waals surface area (Å²) >= 11 is 0. The van der Waals surface area contributed by atoms with Gasteiger partial charge in [0.2, 0.25) is 0 Å². The SMILES string of the molecule is CC1CCCCN1c1ccc(NC(C#N)=C(C#N)C#N)cc1F. The van der Waals surface area contributed by atoms with E-state index in [0.29, 0.717) is 11.4 Å². The largest absolute Gasteiger partial charge is 0.366 e. The predicted octanol–water partition coefficient (Wildman–Crippen LogP) is 3.44. The molecule has 0 spiro atoms. The van der Waals surface area contributed by atoms with E-state index < -0.39 is 5.82 Å². The summed E-state index contributed by atoms with van der Waals surface area (Å²) in [5, 5.41) is 29.2. The van der Waals surface area contributed by atoms with Gasteiger partial charge in [0.25, 0.3) is 0 Å². The summed E-state index contributed by atoms with van der Waals surface area (Å²) in [6.45, 7) is 2.90. The zero-order valence-corrected chi connectivity index (χ0v) is 12.8. The minimum absolute atomic E-state index is 0.187. The zero-order valence-electron chi connectivity index (χ0n) is 12.8. The number of nitrogens with zero attached hydrogens (tertiary/aromatic N) is 4. The highest BCUT2D eigenvalue weighted by Crippen LogP contribution is 2.29. The molecule has 0 radical (unpaired) electrons. The Balaban J connectivity index is 2.27. The molecule has 1 N–H and O–H groups in total. The fraction of sp³-hybridized carbons (Fsp3) is 0.353. The number of rotatable bonds is 3. The third-order valence-electron chi connectivity index (χ3n) is 3.91. The Bertz CT molecular complexity index is 732. The van der Waals surface area contributed by atoms with Crippen LogP contribution in [0, 0.1) is 39.8 Å². The van der Waals surface area contributed by atoms with Crippen molar-refractivity contribution < 1.29 is 4.39 Å². The van der Waals surface area contributed by atoms with E-state index in [2.05, 4.69) is 12.2 Å². The lowest BCUT2D eigenvalue weighted by Crippen LogP contribution is -2.37. The molecule has 1 atom stereocenters. The quantitative estimate of drug-likeness (QED) is 0.864. The first-order chi connectivity index (χ1) is 11.1. The Hall–Kier alpha value is -3.04. The van der Waals surface area contributed by atoms with Crippen molar-refractivity contribution in [2.24, 2.45) is 0 Å². The van der Waals surface area contributed by atoms with Crippen LogP contribution in [0.25, 0.3) is 0 Å². The molecule has 23 heavy (non-hydrogen) atoms. The van der Waals surface area contributed by atoms with E-state index in [1.54, 1.807) is 30.3 Å². The number of nitriles is 3. The van der Waals surface area contributed by atoms with Gasteiger partial charge in [-0.25, -0.2) is 4.39 Å². The number of hydrogen-bond acceptors (Lipinski definition) is 5. The normalized spacial score (nSPS) is 16.7. The topological polar surface area (TPSA) is 86.6 Å². The lowest BCUT2D eigenvalue weighted by atomic mass is 10.0. The van der Waals surface area contributed by atoms with Gasteiger partial charge < -0.3 is 10.2 Å². The molecular formula is C17H16FN5. The maximum absolute atomic E-state index is 14.4. The van der Waals surface area contributed by atoms with Gasteiger partial charge in [0.05, 0.1) is 5.69 Å². The highest BCUT2D eigenvalue weighted by Gasteiger charge is 2.21. The van der Waals surface area contributed by atoms with Crippen molar-refractivity contribution in [3.63, 3.8) is 0 Å². The second-order valence-corrected chi connectivity index (χ2v) is 5.41. The van der Waals surface area contributed by atoms with Crippen molar-refractivity contribution in [3.8, 4) is 18.2 Å². The van der Waals surface area contributed by atoms with Crippen molar-refractivity contribution in [2.75, 3.05) is 16.8 Å². The van der Waals surface area contributed by atoms with Crippen LogP contribution >= 0.6 is 0 Å². The molecule has 1 aromatic rings. The molecule has 1 fully saturated rings. The molecule has 0 aromatic heterocycles. The Morgan fingerprint density at radius 2 is 1.96 bits per heavy atom. The van der Waals surface area contributed by atoms with Crippen molar-refractivity contribution in [1.82, 2.24) is 0 Å². The smallest absolute Gasteiger partial charge is 0.163 e. The fourth-order valence-electron chi connectivity index (χ4n) is 2.70. The van der Waals surface area contributed by atoms with Crippen LogP contribution in [0.5, 0.6) is 0 Å². The molecule has 1 aliphatic rings. The van der Waals surface area contributed by atoms with Gasteiger partial charge in [0.15, 0.2) is 5.57 Å². The summed E-state index contributed by atoms with van der Waals surface area (Å²) < 4.78 is 14.4. The summed E-state index contributed by atoms with van der Waals surface area (Å²) in [4.78, 5) is 2.04. The fourth-order valence-corrected chi connectivity index (χ4v) is 2.70. The molecular weight excluding hydrogens is 293 g/mol. The molecule has 5 nitrogen and oxygen atoms in total. The first-order valence-corrected chi connectivity index (χ1v) is 7.38. The van der Waals surface area contributed by atoms with Crippen molar-refractivity contribution in [1.29, 1.82) is 15.8 Å². The summed E-state index contributed by atoms with van der Waals surface area (Å²) in [5.74, 6) is -0.392. The molecule has 116 valence electrons. The van der Waals surface area contributed by atoms with E-state index >= 15 is 0 Å². The molecule has 0 aliphatic carbocycles. The van der Waals surface area contributed by atoms with Crippen LogP contribution in [0.15, 0.2) is 29.5 Å². The Labute approximate surface area is 134 Å². The molecule has 1 aliphatic heterocycles. The predicted molar refractivity (Wildman–Crippen MR) is 84.5 cm³/mol. The van der Waals surface area contributed by atoms with Gasteiger partial charge in [-0.1, -0.05) is 0 Å². The van der Waals surface area contributed by atoms with Crippen LogP contribution in [-0.2, 0) is 0 Å². The van der Waals surface area contributed by atoms with E-state index in [9.17, 15) is 4.39 Å². The van der Waals surface area contributed by atoms with Gasteiger partial charge in [0.1, 0.15) is 29.7 Å². The Kier molecular flexibility index (Phi) is 5.18. The summed E-state index contributed by atoms with van der Waals surface area (Å²) in [6.07, 6.45) is 3.23. The molecule has 0 bridgehead atoms. The van der Waals surface area contributed by atoms with Crippen molar-refractivity contribution in [2.45, 2.75) is 32.2 Å². The average molecular weight is 309 g/mol. The van der Waals surface area contributed by atoms with Gasteiger partial charge in [-0.15, -0.1) is 0 Å². The Morgan fingerprint density at radius 3 is 2.52 bits per heavy atom. The zero-order chi connectivity index (χ0) is 16.8. The maximum atomic E-state index is 14.4. The van der Waals surface area contributed by atoms with Crippen molar-refractivity contribution in [3.05, 3.63) is 35.3 Å². The maximum Gasteiger partial charge on any atom is 0.163 e. The lowest BCUT2D eigenvalue weighted by Gasteiger charge is -2.35. The van der Waals surface area contributed by atoms with E-state index in [4.69, 9.17) is 15.8 Å². The highest BCUT2D eigenvalue weighted by molar-refractivity contribution is 5.62. The molecule has 6 heteroatoms. The summed E-state index contributed by atoms with van der Waals surface area (Å²) in [6, 6.07) is 9.89. The van der Waals surface area contributed by atoms with Crippen LogP contribution in [0.1, 0.15) is 26.2 Å². The molecule has 1 heterocycles. The summed E-state index contributed by atoms with van der Waals surface area (Å²) in [7, 11) is 0. The van der Waals surface area contributed by atoms with Gasteiger partial charge in [0, 0.05) is 18.3 Å². The van der Waals surface area contributed by atoms with E-state index in [-0.39, 0.29) is 17.3 Å². The van der Waals surface area contributed by atoms with Crippen LogP contribution in [0.4, 0.5) is 15.8 Å². The number of nitrogens with one attached hydrogen (secondary N) is 1. The van der Waals surface area contributed by atoms with Crippen LogP contribution in [0.2, 0.25) is 0 Å². The number of halogens is 1.